The summed E-state index contributed by atoms with van der Waals surface area (Å²) in [6, 6.07) is 11.9. The second-order valence-electron chi connectivity index (χ2n) is 7.78. The van der Waals surface area contributed by atoms with Crippen LogP contribution in [-0.4, -0.2) is 38.2 Å². The number of aromatic carboxylic acids is 1. The summed E-state index contributed by atoms with van der Waals surface area (Å²) in [6.07, 6.45) is 4.19. The van der Waals surface area contributed by atoms with Crippen molar-refractivity contribution in [2.45, 2.75) is 50.5 Å². The SMILES string of the molecule is N#Cc1cc(C(O)C(Cn2cc3cccc(C(=O)O)c3n2)OC2CCCC2)ccc1Cl. The van der Waals surface area contributed by atoms with Crippen molar-refractivity contribution in [3.8, 4) is 6.07 Å². The number of aromatic nitrogens is 2. The monoisotopic (exact) mass is 439 g/mol. The number of aliphatic hydroxyl groups is 1. The molecule has 0 radical (unpaired) electrons. The second kappa shape index (κ2) is 9.06. The van der Waals surface area contributed by atoms with Crippen LogP contribution in [0.25, 0.3) is 10.9 Å². The Morgan fingerprint density at radius 2 is 2.10 bits per heavy atom. The number of carbonyl (C=O) groups is 1. The number of nitriles is 1. The lowest BCUT2D eigenvalue weighted by molar-refractivity contribution is -0.0844. The van der Waals surface area contributed by atoms with Crippen molar-refractivity contribution in [3.05, 3.63) is 64.3 Å². The molecule has 1 aromatic heterocycles. The zero-order valence-electron chi connectivity index (χ0n) is 16.7. The van der Waals surface area contributed by atoms with Gasteiger partial charge in [0.05, 0.1) is 28.8 Å². The van der Waals surface area contributed by atoms with Crippen LogP contribution in [0.3, 0.4) is 0 Å². The Hall–Kier alpha value is -2.92. The van der Waals surface area contributed by atoms with Crippen LogP contribution in [0.5, 0.6) is 0 Å². The predicted octanol–water partition coefficient (Wildman–Crippen LogP) is 4.32. The largest absolute Gasteiger partial charge is 0.478 e. The molecule has 0 spiro atoms. The number of hydrogen-bond donors (Lipinski definition) is 2. The van der Waals surface area contributed by atoms with Crippen molar-refractivity contribution in [2.75, 3.05) is 0 Å². The van der Waals surface area contributed by atoms with Gasteiger partial charge in [0.2, 0.25) is 0 Å². The Morgan fingerprint density at radius 3 is 2.81 bits per heavy atom. The molecule has 0 bridgehead atoms. The Kier molecular flexibility index (Phi) is 6.23. The van der Waals surface area contributed by atoms with E-state index in [-0.39, 0.29) is 23.8 Å². The van der Waals surface area contributed by atoms with Gasteiger partial charge in [0.1, 0.15) is 23.8 Å². The molecule has 8 heteroatoms. The van der Waals surface area contributed by atoms with E-state index in [9.17, 15) is 20.3 Å². The molecule has 1 saturated carbocycles. The van der Waals surface area contributed by atoms with Crippen LogP contribution in [0.4, 0.5) is 0 Å². The fraction of sp³-hybridized carbons (Fsp3) is 0.348. The number of halogens is 1. The molecule has 0 amide bonds. The van der Waals surface area contributed by atoms with Crippen molar-refractivity contribution in [1.82, 2.24) is 9.78 Å². The zero-order valence-corrected chi connectivity index (χ0v) is 17.5. The van der Waals surface area contributed by atoms with E-state index in [1.807, 2.05) is 6.07 Å². The predicted molar refractivity (Wildman–Crippen MR) is 115 cm³/mol. The van der Waals surface area contributed by atoms with Crippen LogP contribution < -0.4 is 0 Å². The van der Waals surface area contributed by atoms with Crippen molar-refractivity contribution in [2.24, 2.45) is 0 Å². The number of nitrogens with zero attached hydrogens (tertiary/aromatic N) is 3. The first-order chi connectivity index (χ1) is 15.0. The average Bonchev–Trinajstić information content (AvgIpc) is 3.42. The molecule has 2 N–H and O–H groups in total. The molecule has 2 unspecified atom stereocenters. The summed E-state index contributed by atoms with van der Waals surface area (Å²) < 4.78 is 7.88. The molecular weight excluding hydrogens is 418 g/mol. The molecule has 0 saturated heterocycles. The van der Waals surface area contributed by atoms with Crippen LogP contribution in [0, 0.1) is 11.3 Å². The van der Waals surface area contributed by atoms with E-state index >= 15 is 0 Å². The van der Waals surface area contributed by atoms with Crippen LogP contribution in [0.15, 0.2) is 42.6 Å². The topological polar surface area (TPSA) is 108 Å². The minimum absolute atomic E-state index is 0.0435. The maximum Gasteiger partial charge on any atom is 0.337 e. The summed E-state index contributed by atoms with van der Waals surface area (Å²) in [5, 5.41) is 35.3. The van der Waals surface area contributed by atoms with Gasteiger partial charge in [-0.2, -0.15) is 10.4 Å². The number of ether oxygens (including phenoxy) is 1. The van der Waals surface area contributed by atoms with E-state index in [4.69, 9.17) is 16.3 Å². The molecule has 2 atom stereocenters. The van der Waals surface area contributed by atoms with Gasteiger partial charge in [0.25, 0.3) is 0 Å². The highest BCUT2D eigenvalue weighted by molar-refractivity contribution is 6.31. The Bertz CT molecular complexity index is 1150. The summed E-state index contributed by atoms with van der Waals surface area (Å²) in [5.41, 5.74) is 1.34. The van der Waals surface area contributed by atoms with Gasteiger partial charge in [-0.25, -0.2) is 4.79 Å². The molecule has 0 aliphatic heterocycles. The van der Waals surface area contributed by atoms with E-state index in [2.05, 4.69) is 5.10 Å². The van der Waals surface area contributed by atoms with Gasteiger partial charge in [0, 0.05) is 11.6 Å². The van der Waals surface area contributed by atoms with E-state index in [0.29, 0.717) is 21.5 Å². The Balaban J connectivity index is 1.65. The summed E-state index contributed by atoms with van der Waals surface area (Å²) in [6.45, 7) is 0.232. The van der Waals surface area contributed by atoms with Gasteiger partial charge in [-0.05, 0) is 36.6 Å². The maximum atomic E-state index is 11.5. The maximum absolute atomic E-state index is 11.5. The number of aliphatic hydroxyl groups excluding tert-OH is 1. The van der Waals surface area contributed by atoms with Gasteiger partial charge in [-0.1, -0.05) is 42.6 Å². The lowest BCUT2D eigenvalue weighted by Crippen LogP contribution is -2.31. The van der Waals surface area contributed by atoms with Crippen molar-refractivity contribution in [3.63, 3.8) is 0 Å². The summed E-state index contributed by atoms with van der Waals surface area (Å²) in [7, 11) is 0. The molecule has 2 aromatic carbocycles. The first-order valence-corrected chi connectivity index (χ1v) is 10.6. The minimum Gasteiger partial charge on any atom is -0.478 e. The van der Waals surface area contributed by atoms with Crippen LogP contribution >= 0.6 is 11.6 Å². The fourth-order valence-electron chi connectivity index (χ4n) is 4.06. The number of carboxylic acids is 1. The van der Waals surface area contributed by atoms with Gasteiger partial charge >= 0.3 is 5.97 Å². The lowest BCUT2D eigenvalue weighted by Gasteiger charge is -2.27. The zero-order chi connectivity index (χ0) is 22.0. The van der Waals surface area contributed by atoms with Gasteiger partial charge < -0.3 is 14.9 Å². The number of rotatable bonds is 7. The second-order valence-corrected chi connectivity index (χ2v) is 8.18. The molecule has 160 valence electrons. The highest BCUT2D eigenvalue weighted by atomic mass is 35.5. The molecule has 1 aliphatic carbocycles. The van der Waals surface area contributed by atoms with E-state index < -0.39 is 18.2 Å². The molecule has 1 aliphatic rings. The number of fused-ring (bicyclic) bond motifs is 1. The Labute approximate surface area is 184 Å². The standard InChI is InChI=1S/C23H22ClN3O4/c24-19-9-8-14(10-16(19)11-25)22(28)20(31-17-5-1-2-6-17)13-27-12-15-4-3-7-18(23(29)30)21(15)26-27/h3-4,7-10,12,17,20,22,28H,1-2,5-6,13H2,(H,29,30). The first kappa shape index (κ1) is 21.3. The van der Waals surface area contributed by atoms with Gasteiger partial charge in [-0.3, -0.25) is 4.68 Å². The van der Waals surface area contributed by atoms with Crippen molar-refractivity contribution >= 4 is 28.5 Å². The molecule has 31 heavy (non-hydrogen) atoms. The van der Waals surface area contributed by atoms with E-state index in [1.54, 1.807) is 41.2 Å². The van der Waals surface area contributed by atoms with Crippen LogP contribution in [0.2, 0.25) is 5.02 Å². The van der Waals surface area contributed by atoms with Crippen LogP contribution in [-0.2, 0) is 11.3 Å². The summed E-state index contributed by atoms with van der Waals surface area (Å²) in [5.74, 6) is -1.04. The third-order valence-electron chi connectivity index (χ3n) is 5.66. The molecule has 4 rings (SSSR count). The highest BCUT2D eigenvalue weighted by Gasteiger charge is 2.28. The quantitative estimate of drug-likeness (QED) is 0.567. The molecule has 1 heterocycles. The highest BCUT2D eigenvalue weighted by Crippen LogP contribution is 2.30. The number of carboxylic acid groups (broad SMARTS) is 1. The molecule has 7 nitrogen and oxygen atoms in total. The van der Waals surface area contributed by atoms with E-state index in [0.717, 1.165) is 25.7 Å². The first-order valence-electron chi connectivity index (χ1n) is 10.2. The smallest absolute Gasteiger partial charge is 0.337 e. The average molecular weight is 440 g/mol. The normalized spacial score (nSPS) is 16.3. The summed E-state index contributed by atoms with van der Waals surface area (Å²) >= 11 is 6.04. The number of hydrogen-bond acceptors (Lipinski definition) is 5. The third-order valence-corrected chi connectivity index (χ3v) is 5.98. The minimum atomic E-state index is -1.04. The number of benzene rings is 2. The van der Waals surface area contributed by atoms with Gasteiger partial charge in [0.15, 0.2) is 0 Å². The molecule has 3 aromatic rings. The molecule has 1 fully saturated rings. The van der Waals surface area contributed by atoms with E-state index in [1.165, 1.54) is 6.07 Å². The Morgan fingerprint density at radius 1 is 1.32 bits per heavy atom. The molecular formula is C23H22ClN3O4. The third kappa shape index (κ3) is 4.57. The fourth-order valence-corrected chi connectivity index (χ4v) is 4.22. The van der Waals surface area contributed by atoms with Gasteiger partial charge in [-0.15, -0.1) is 0 Å². The van der Waals surface area contributed by atoms with Crippen molar-refractivity contribution in [1.29, 1.82) is 5.26 Å². The van der Waals surface area contributed by atoms with Crippen LogP contribution in [0.1, 0.15) is 53.3 Å². The summed E-state index contributed by atoms with van der Waals surface area (Å²) in [4.78, 5) is 11.5. The lowest BCUT2D eigenvalue weighted by atomic mass is 10.0. The van der Waals surface area contributed by atoms with Crippen molar-refractivity contribution < 1.29 is 19.7 Å².